The molecule has 0 spiro atoms. The van der Waals surface area contributed by atoms with Crippen LogP contribution >= 0.6 is 0 Å². The number of amides is 1. The van der Waals surface area contributed by atoms with Crippen LogP contribution in [0.15, 0.2) is 0 Å². The number of hydrogen-bond acceptors (Lipinski definition) is 5. The average Bonchev–Trinajstić information content (AvgIpc) is 2.23. The van der Waals surface area contributed by atoms with Gasteiger partial charge in [0, 0.05) is 19.1 Å². The van der Waals surface area contributed by atoms with Crippen LogP contribution in [0.2, 0.25) is 0 Å². The first-order chi connectivity index (χ1) is 8.24. The van der Waals surface area contributed by atoms with Crippen molar-refractivity contribution in [3.8, 4) is 0 Å². The molecule has 0 rings (SSSR count). The Bertz CT molecular complexity index is 274. The van der Waals surface area contributed by atoms with E-state index in [0.717, 1.165) is 0 Å². The predicted molar refractivity (Wildman–Crippen MR) is 68.3 cm³/mol. The Morgan fingerprint density at radius 1 is 1.28 bits per heavy atom. The third kappa shape index (κ3) is 9.89. The minimum absolute atomic E-state index is 0.0576. The molecular weight excluding hydrogens is 236 g/mol. The van der Waals surface area contributed by atoms with Gasteiger partial charge in [-0.15, -0.1) is 0 Å². The molecule has 1 atom stereocenters. The number of methoxy groups -OCH3 is 1. The van der Waals surface area contributed by atoms with Gasteiger partial charge in [0.25, 0.3) is 0 Å². The van der Waals surface area contributed by atoms with Gasteiger partial charge in [0.15, 0.2) is 0 Å². The highest BCUT2D eigenvalue weighted by atomic mass is 16.6. The lowest BCUT2D eigenvalue weighted by atomic mass is 10.2. The fraction of sp³-hybridized carbons (Fsp3) is 0.833. The standard InChI is InChI=1S/C12H24N2O4/c1-9(13-7-6-10(15)17-5)8-14-11(16)18-12(2,3)4/h9,13H,6-8H2,1-5H3,(H,14,16). The fourth-order valence-corrected chi connectivity index (χ4v) is 1.15. The molecule has 0 bridgehead atoms. The predicted octanol–water partition coefficient (Wildman–Crippen LogP) is 1.05. The van der Waals surface area contributed by atoms with Crippen LogP contribution < -0.4 is 10.6 Å². The molecular formula is C12H24N2O4. The summed E-state index contributed by atoms with van der Waals surface area (Å²) in [5.41, 5.74) is -0.494. The number of rotatable bonds is 6. The van der Waals surface area contributed by atoms with Crippen LogP contribution in [-0.4, -0.2) is 43.9 Å². The average molecular weight is 260 g/mol. The molecule has 6 nitrogen and oxygen atoms in total. The van der Waals surface area contributed by atoms with Crippen LogP contribution in [0.5, 0.6) is 0 Å². The van der Waals surface area contributed by atoms with Gasteiger partial charge >= 0.3 is 12.1 Å². The summed E-state index contributed by atoms with van der Waals surface area (Å²) >= 11 is 0. The lowest BCUT2D eigenvalue weighted by Gasteiger charge is -2.21. The number of alkyl carbamates (subject to hydrolysis) is 1. The van der Waals surface area contributed by atoms with E-state index in [4.69, 9.17) is 4.74 Å². The zero-order valence-corrected chi connectivity index (χ0v) is 11.8. The van der Waals surface area contributed by atoms with E-state index >= 15 is 0 Å². The fourth-order valence-electron chi connectivity index (χ4n) is 1.15. The van der Waals surface area contributed by atoms with Gasteiger partial charge in [0.05, 0.1) is 13.5 Å². The Kier molecular flexibility index (Phi) is 7.35. The summed E-state index contributed by atoms with van der Waals surface area (Å²) in [4.78, 5) is 22.2. The highest BCUT2D eigenvalue weighted by Crippen LogP contribution is 2.06. The Labute approximate surface area is 108 Å². The number of carbonyl (C=O) groups excluding carboxylic acids is 2. The second-order valence-corrected chi connectivity index (χ2v) is 5.06. The van der Waals surface area contributed by atoms with Crippen LogP contribution in [0.3, 0.4) is 0 Å². The van der Waals surface area contributed by atoms with Crippen molar-refractivity contribution in [3.05, 3.63) is 0 Å². The molecule has 1 unspecified atom stereocenters. The van der Waals surface area contributed by atoms with Crippen molar-refractivity contribution >= 4 is 12.1 Å². The minimum atomic E-state index is -0.494. The van der Waals surface area contributed by atoms with Gasteiger partial charge in [-0.05, 0) is 27.7 Å². The monoisotopic (exact) mass is 260 g/mol. The first-order valence-corrected chi connectivity index (χ1v) is 6.01. The summed E-state index contributed by atoms with van der Waals surface area (Å²) in [5.74, 6) is -0.255. The number of ether oxygens (including phenoxy) is 2. The van der Waals surface area contributed by atoms with Crippen LogP contribution in [-0.2, 0) is 14.3 Å². The van der Waals surface area contributed by atoms with Crippen molar-refractivity contribution in [1.82, 2.24) is 10.6 Å². The Balaban J connectivity index is 3.67. The van der Waals surface area contributed by atoms with Crippen LogP contribution in [0.4, 0.5) is 4.79 Å². The van der Waals surface area contributed by atoms with E-state index in [9.17, 15) is 9.59 Å². The molecule has 2 N–H and O–H groups in total. The van der Waals surface area contributed by atoms with Crippen molar-refractivity contribution in [2.75, 3.05) is 20.2 Å². The van der Waals surface area contributed by atoms with Gasteiger partial charge in [-0.3, -0.25) is 4.79 Å². The maximum atomic E-state index is 11.4. The molecule has 0 aliphatic rings. The van der Waals surface area contributed by atoms with Gasteiger partial charge in [0.1, 0.15) is 5.60 Å². The molecule has 18 heavy (non-hydrogen) atoms. The number of nitrogens with one attached hydrogen (secondary N) is 2. The number of hydrogen-bond donors (Lipinski definition) is 2. The molecule has 0 saturated carbocycles. The summed E-state index contributed by atoms with van der Waals surface area (Å²) in [6.07, 6.45) is -0.128. The smallest absolute Gasteiger partial charge is 0.407 e. The molecule has 0 aromatic heterocycles. The lowest BCUT2D eigenvalue weighted by molar-refractivity contribution is -0.140. The van der Waals surface area contributed by atoms with Crippen molar-refractivity contribution in [3.63, 3.8) is 0 Å². The second kappa shape index (κ2) is 7.92. The van der Waals surface area contributed by atoms with Gasteiger partial charge in [-0.1, -0.05) is 0 Å². The van der Waals surface area contributed by atoms with Crippen molar-refractivity contribution in [2.24, 2.45) is 0 Å². The molecule has 0 heterocycles. The first-order valence-electron chi connectivity index (χ1n) is 6.01. The molecule has 0 aliphatic heterocycles. The van der Waals surface area contributed by atoms with E-state index in [1.165, 1.54) is 7.11 Å². The zero-order valence-electron chi connectivity index (χ0n) is 11.8. The quantitative estimate of drug-likeness (QED) is 0.698. The summed E-state index contributed by atoms with van der Waals surface area (Å²) < 4.78 is 9.61. The first kappa shape index (κ1) is 16.7. The molecule has 0 saturated heterocycles. The normalized spacial score (nSPS) is 12.7. The summed E-state index contributed by atoms with van der Waals surface area (Å²) in [6.45, 7) is 8.30. The Morgan fingerprint density at radius 3 is 2.39 bits per heavy atom. The Morgan fingerprint density at radius 2 is 1.89 bits per heavy atom. The molecule has 0 aliphatic carbocycles. The van der Waals surface area contributed by atoms with Gasteiger partial charge < -0.3 is 20.1 Å². The highest BCUT2D eigenvalue weighted by molar-refractivity contribution is 5.69. The lowest BCUT2D eigenvalue weighted by Crippen LogP contribution is -2.41. The van der Waals surface area contributed by atoms with E-state index < -0.39 is 11.7 Å². The third-order valence-electron chi connectivity index (χ3n) is 2.00. The zero-order chi connectivity index (χ0) is 14.2. The molecule has 106 valence electrons. The highest BCUT2D eigenvalue weighted by Gasteiger charge is 2.16. The second-order valence-electron chi connectivity index (χ2n) is 5.06. The topological polar surface area (TPSA) is 76.7 Å². The SMILES string of the molecule is COC(=O)CCNC(C)CNC(=O)OC(C)(C)C. The maximum absolute atomic E-state index is 11.4. The van der Waals surface area contributed by atoms with E-state index in [2.05, 4.69) is 15.4 Å². The third-order valence-corrected chi connectivity index (χ3v) is 2.00. The van der Waals surface area contributed by atoms with E-state index in [-0.39, 0.29) is 12.0 Å². The molecule has 0 radical (unpaired) electrons. The van der Waals surface area contributed by atoms with Gasteiger partial charge in [0.2, 0.25) is 0 Å². The van der Waals surface area contributed by atoms with E-state index in [1.807, 2.05) is 27.7 Å². The molecule has 1 amide bonds. The van der Waals surface area contributed by atoms with Crippen molar-refractivity contribution in [1.29, 1.82) is 0 Å². The van der Waals surface area contributed by atoms with Crippen LogP contribution in [0.1, 0.15) is 34.1 Å². The van der Waals surface area contributed by atoms with Gasteiger partial charge in [-0.25, -0.2) is 4.79 Å². The largest absolute Gasteiger partial charge is 0.469 e. The van der Waals surface area contributed by atoms with Crippen LogP contribution in [0, 0.1) is 0 Å². The summed E-state index contributed by atoms with van der Waals surface area (Å²) in [7, 11) is 1.36. The van der Waals surface area contributed by atoms with Gasteiger partial charge in [-0.2, -0.15) is 0 Å². The Hall–Kier alpha value is -1.30. The van der Waals surface area contributed by atoms with Crippen LogP contribution in [0.25, 0.3) is 0 Å². The summed E-state index contributed by atoms with van der Waals surface area (Å²) in [5, 5.41) is 5.75. The molecule has 0 aromatic rings. The van der Waals surface area contributed by atoms with Crippen molar-refractivity contribution in [2.45, 2.75) is 45.8 Å². The minimum Gasteiger partial charge on any atom is -0.469 e. The molecule has 0 aromatic carbocycles. The maximum Gasteiger partial charge on any atom is 0.407 e. The summed E-state index contributed by atoms with van der Waals surface area (Å²) in [6, 6.07) is 0.0576. The van der Waals surface area contributed by atoms with E-state index in [1.54, 1.807) is 0 Å². The number of carbonyl (C=O) groups is 2. The number of esters is 1. The van der Waals surface area contributed by atoms with E-state index in [0.29, 0.717) is 19.5 Å². The molecule has 6 heteroatoms. The van der Waals surface area contributed by atoms with Crippen molar-refractivity contribution < 1.29 is 19.1 Å². The molecule has 0 fully saturated rings.